The van der Waals surface area contributed by atoms with Gasteiger partial charge in [0.05, 0.1) is 54.1 Å². The smallest absolute Gasteiger partial charge is 0.407 e. The van der Waals surface area contributed by atoms with Crippen LogP contribution in [0.25, 0.3) is 54.8 Å². The number of likely N-dealkylation sites (tertiary alicyclic amines) is 2. The van der Waals surface area contributed by atoms with Gasteiger partial charge in [-0.3, -0.25) is 9.59 Å². The molecule has 17 nitrogen and oxygen atoms in total. The van der Waals surface area contributed by atoms with E-state index in [4.69, 9.17) is 23.9 Å². The van der Waals surface area contributed by atoms with Crippen LogP contribution in [0.3, 0.4) is 0 Å². The third-order valence-electron chi connectivity index (χ3n) is 12.9. The number of hydrogen-bond donors (Lipinski definition) is 5. The first-order chi connectivity index (χ1) is 31.3. The van der Waals surface area contributed by atoms with Gasteiger partial charge in [0.25, 0.3) is 5.91 Å². The highest BCUT2D eigenvalue weighted by atomic mass is 16.5. The number of alkyl carbamates (subject to hydrolysis) is 1. The van der Waals surface area contributed by atoms with E-state index in [0.29, 0.717) is 76.3 Å². The van der Waals surface area contributed by atoms with Crippen LogP contribution in [-0.4, -0.2) is 98.3 Å². The number of rotatable bonds is 11. The second-order valence-electron chi connectivity index (χ2n) is 17.4. The normalized spacial score (nSPS) is 19.7. The van der Waals surface area contributed by atoms with Crippen molar-refractivity contribution >= 4 is 67.5 Å². The molecule has 7 aromatic rings. The van der Waals surface area contributed by atoms with Gasteiger partial charge >= 0.3 is 17.8 Å². The maximum atomic E-state index is 14.1. The fourth-order valence-electron chi connectivity index (χ4n) is 9.71. The summed E-state index contributed by atoms with van der Waals surface area (Å²) in [5, 5.41) is 18.2. The van der Waals surface area contributed by atoms with E-state index in [0.717, 1.165) is 28.1 Å². The average molecular weight is 883 g/mol. The van der Waals surface area contributed by atoms with Crippen LogP contribution in [0.4, 0.5) is 9.59 Å². The van der Waals surface area contributed by atoms with E-state index in [1.54, 1.807) is 54.6 Å². The number of aromatic nitrogens is 4. The Morgan fingerprint density at radius 1 is 0.892 bits per heavy atom. The number of fused-ring (bicyclic) bond motifs is 6. The van der Waals surface area contributed by atoms with Gasteiger partial charge in [-0.2, -0.15) is 0 Å². The number of ether oxygens (including phenoxy) is 2. The van der Waals surface area contributed by atoms with E-state index in [2.05, 4.69) is 20.6 Å². The number of benzene rings is 4. The van der Waals surface area contributed by atoms with Crippen molar-refractivity contribution in [2.45, 2.75) is 70.2 Å². The van der Waals surface area contributed by atoms with Crippen LogP contribution in [0.5, 0.6) is 0 Å². The third kappa shape index (κ3) is 8.00. The van der Waals surface area contributed by atoms with E-state index >= 15 is 0 Å². The van der Waals surface area contributed by atoms with Crippen molar-refractivity contribution in [3.63, 3.8) is 0 Å². The molecule has 2 aliphatic rings. The zero-order valence-electron chi connectivity index (χ0n) is 36.6. The molecule has 9 rings (SSSR count). The molecule has 0 saturated carbocycles. The van der Waals surface area contributed by atoms with Crippen molar-refractivity contribution in [1.82, 2.24) is 40.4 Å². The van der Waals surface area contributed by atoms with Gasteiger partial charge in [0, 0.05) is 42.0 Å². The summed E-state index contributed by atoms with van der Waals surface area (Å²) in [4.78, 5) is 86.0. The number of carbonyl (C=O) groups excluding carboxylic acids is 3. The molecule has 17 heteroatoms. The Balaban J connectivity index is 1.02. The van der Waals surface area contributed by atoms with Crippen LogP contribution < -0.4 is 16.3 Å². The van der Waals surface area contributed by atoms with Crippen LogP contribution in [0.15, 0.2) is 88.2 Å². The second-order valence-corrected chi connectivity index (χ2v) is 17.4. The van der Waals surface area contributed by atoms with Crippen molar-refractivity contribution in [1.29, 1.82) is 0 Å². The predicted octanol–water partition coefficient (Wildman–Crippen LogP) is 7.34. The summed E-state index contributed by atoms with van der Waals surface area (Å²) >= 11 is 0. The summed E-state index contributed by atoms with van der Waals surface area (Å²) in [5.74, 6) is 0.373. The number of imidazole rings is 2. The van der Waals surface area contributed by atoms with Gasteiger partial charge in [-0.25, -0.2) is 24.4 Å². The lowest BCUT2D eigenvalue weighted by Crippen LogP contribution is -2.52. The highest BCUT2D eigenvalue weighted by Gasteiger charge is 2.43. The molecule has 65 heavy (non-hydrogen) atoms. The van der Waals surface area contributed by atoms with E-state index in [-0.39, 0.29) is 29.8 Å². The molecule has 4 amide bonds. The summed E-state index contributed by atoms with van der Waals surface area (Å²) in [6, 6.07) is 19.2. The first-order valence-electron chi connectivity index (χ1n) is 21.7. The summed E-state index contributed by atoms with van der Waals surface area (Å²) < 4.78 is 16.3. The van der Waals surface area contributed by atoms with E-state index in [1.165, 1.54) is 7.11 Å². The lowest BCUT2D eigenvalue weighted by atomic mass is 10.0. The molecule has 5 heterocycles. The lowest BCUT2D eigenvalue weighted by Gasteiger charge is -2.32. The molecule has 4 aromatic carbocycles. The SMILES string of the molecule is COC[C@H]1C[C@@H](c2ncc(-c3ccc4c(c3)c(=O)oc3cc5c(ccc6[nH]c([C@@H]7CC[C@H](C)N7C(=O)C(NC(=O)OC)C(C)C)nc65)cc34)[nH]2)N(C(=O)C(NC(=O)O)c2ccccc2)C1. The monoisotopic (exact) mass is 882 g/mol. The minimum Gasteiger partial charge on any atom is -0.465 e. The van der Waals surface area contributed by atoms with Crippen LogP contribution in [0.2, 0.25) is 0 Å². The van der Waals surface area contributed by atoms with Crippen LogP contribution in [0.1, 0.15) is 75.4 Å². The Bertz CT molecular complexity index is 3030. The molecule has 2 unspecified atom stereocenters. The lowest BCUT2D eigenvalue weighted by molar-refractivity contribution is -0.137. The number of nitrogens with one attached hydrogen (secondary N) is 4. The summed E-state index contributed by atoms with van der Waals surface area (Å²) in [5.41, 5.74) is 3.15. The topological polar surface area (TPSA) is 225 Å². The van der Waals surface area contributed by atoms with Gasteiger partial charge < -0.3 is 49.4 Å². The molecule has 3 aromatic heterocycles. The molecule has 2 saturated heterocycles. The molecule has 2 aliphatic heterocycles. The molecular weight excluding hydrogens is 833 g/mol. The fraction of sp³-hybridized carbons (Fsp3) is 0.354. The number of methoxy groups -OCH3 is 2. The van der Waals surface area contributed by atoms with Gasteiger partial charge in [-0.05, 0) is 72.7 Å². The summed E-state index contributed by atoms with van der Waals surface area (Å²) in [6.07, 6.45) is 1.68. The van der Waals surface area contributed by atoms with Crippen LogP contribution >= 0.6 is 0 Å². The Labute approximate surface area is 372 Å². The molecule has 336 valence electrons. The largest absolute Gasteiger partial charge is 0.465 e. The number of carbonyl (C=O) groups is 4. The van der Waals surface area contributed by atoms with Gasteiger partial charge in [-0.1, -0.05) is 62.4 Å². The molecule has 6 atom stereocenters. The Kier molecular flexibility index (Phi) is 11.5. The molecule has 0 bridgehead atoms. The minimum absolute atomic E-state index is 0.0115. The van der Waals surface area contributed by atoms with Gasteiger partial charge in [0.2, 0.25) is 5.91 Å². The number of carboxylic acid groups (broad SMARTS) is 1. The number of nitrogens with zero attached hydrogens (tertiary/aromatic N) is 4. The molecule has 0 radical (unpaired) electrons. The quantitative estimate of drug-likeness (QED) is 0.0491. The average Bonchev–Trinajstić information content (AvgIpc) is 4.13. The van der Waals surface area contributed by atoms with Gasteiger partial charge in [0.15, 0.2) is 0 Å². The fourth-order valence-corrected chi connectivity index (χ4v) is 9.71. The third-order valence-corrected chi connectivity index (χ3v) is 12.9. The van der Waals surface area contributed by atoms with Crippen molar-refractivity contribution in [2.75, 3.05) is 27.4 Å². The Morgan fingerprint density at radius 3 is 2.43 bits per heavy atom. The zero-order valence-corrected chi connectivity index (χ0v) is 36.6. The van der Waals surface area contributed by atoms with Crippen molar-refractivity contribution in [3.05, 3.63) is 107 Å². The minimum atomic E-state index is -1.31. The zero-order chi connectivity index (χ0) is 45.7. The molecular formula is C48H50N8O9. The van der Waals surface area contributed by atoms with Crippen molar-refractivity contribution in [2.24, 2.45) is 11.8 Å². The number of H-pyrrole nitrogens is 2. The summed E-state index contributed by atoms with van der Waals surface area (Å²) in [7, 11) is 2.88. The standard InChI is InChI=1S/C48H50N8O9/c1-24(2)39(54-48(62)64-5)45(58)56-25(3)11-16-36(56)43-50-34-15-13-28-18-32-30-14-12-29(19-33(30)46(59)65-38(32)20-31(28)41(34)52-43)35-21-49-42(51-35)37-17-26(23-63-4)22-55(37)44(57)40(53-47(60)61)27-9-7-6-8-10-27/h6-10,12-15,18-21,24-26,36-37,39-40,53H,11,16-17,22-23H2,1-5H3,(H,49,51)(H,50,52)(H,54,62)(H,60,61)/t25-,26-,36-,37-,39?,40?/m0/s1. The molecule has 5 N–H and O–H groups in total. The maximum absolute atomic E-state index is 14.1. The number of hydrogen-bond acceptors (Lipinski definition) is 10. The predicted molar refractivity (Wildman–Crippen MR) is 242 cm³/mol. The number of amides is 4. The van der Waals surface area contributed by atoms with Gasteiger partial charge in [-0.15, -0.1) is 0 Å². The van der Waals surface area contributed by atoms with E-state index in [9.17, 15) is 29.1 Å². The summed E-state index contributed by atoms with van der Waals surface area (Å²) in [6.45, 7) is 6.51. The van der Waals surface area contributed by atoms with Crippen LogP contribution in [-0.2, 0) is 19.1 Å². The maximum Gasteiger partial charge on any atom is 0.407 e. The number of aromatic amines is 2. The highest BCUT2D eigenvalue weighted by Crippen LogP contribution is 2.40. The Morgan fingerprint density at radius 2 is 1.69 bits per heavy atom. The van der Waals surface area contributed by atoms with E-state index in [1.807, 2.05) is 62.1 Å². The highest BCUT2D eigenvalue weighted by molar-refractivity contribution is 6.14. The molecule has 0 aliphatic carbocycles. The van der Waals surface area contributed by atoms with Crippen molar-refractivity contribution < 1.29 is 38.2 Å². The van der Waals surface area contributed by atoms with Crippen LogP contribution in [0, 0.1) is 11.8 Å². The molecule has 0 spiro atoms. The Hall–Kier alpha value is -7.27. The second kappa shape index (κ2) is 17.4. The first kappa shape index (κ1) is 43.0. The van der Waals surface area contributed by atoms with Gasteiger partial charge in [0.1, 0.15) is 29.3 Å². The first-order valence-corrected chi connectivity index (χ1v) is 21.7. The molecule has 2 fully saturated rings. The van der Waals surface area contributed by atoms with Crippen molar-refractivity contribution in [3.8, 4) is 11.3 Å². The van der Waals surface area contributed by atoms with E-state index < -0.39 is 41.8 Å².